The molecule has 0 saturated heterocycles. The minimum atomic E-state index is 0.711. The fraction of sp³-hybridized carbons (Fsp3) is 1.00. The highest BCUT2D eigenvalue weighted by Crippen LogP contribution is 2.48. The molecule has 2 rings (SSSR count). The van der Waals surface area contributed by atoms with Gasteiger partial charge in [-0.05, 0) is 63.2 Å². The number of nitrogens with one attached hydrogen (secondary N) is 1. The van der Waals surface area contributed by atoms with Crippen molar-refractivity contribution in [3.63, 3.8) is 0 Å². The highest BCUT2D eigenvalue weighted by atomic mass is 14.9. The Bertz CT molecular complexity index is 232. The van der Waals surface area contributed by atoms with E-state index in [4.69, 9.17) is 0 Å². The molecule has 0 radical (unpaired) electrons. The quantitative estimate of drug-likeness (QED) is 0.732. The predicted molar refractivity (Wildman–Crippen MR) is 79.8 cm³/mol. The molecule has 2 unspecified atom stereocenters. The van der Waals surface area contributed by atoms with Gasteiger partial charge in [0.2, 0.25) is 0 Å². The van der Waals surface area contributed by atoms with Crippen LogP contribution < -0.4 is 5.32 Å². The summed E-state index contributed by atoms with van der Waals surface area (Å²) < 4.78 is 0. The fourth-order valence-electron chi connectivity index (χ4n) is 4.26. The highest BCUT2D eigenvalue weighted by Gasteiger charge is 2.37. The maximum atomic E-state index is 3.89. The molecule has 2 atom stereocenters. The molecule has 0 aromatic carbocycles. The largest absolute Gasteiger partial charge is 0.311 e. The lowest BCUT2D eigenvalue weighted by atomic mass is 9.71. The van der Waals surface area contributed by atoms with Crippen molar-refractivity contribution in [3.05, 3.63) is 0 Å². The van der Waals surface area contributed by atoms with Crippen molar-refractivity contribution < 1.29 is 0 Å². The Hall–Kier alpha value is -0.0400. The Morgan fingerprint density at radius 3 is 2.22 bits per heavy atom. The number of rotatable bonds is 5. The molecule has 0 bridgehead atoms. The van der Waals surface area contributed by atoms with Gasteiger partial charge < -0.3 is 5.32 Å². The van der Waals surface area contributed by atoms with Crippen molar-refractivity contribution in [2.24, 2.45) is 11.3 Å². The van der Waals surface area contributed by atoms with E-state index in [1.54, 1.807) is 0 Å². The molecule has 106 valence electrons. The molecule has 2 fully saturated rings. The molecular weight excluding hydrogens is 218 g/mol. The summed E-state index contributed by atoms with van der Waals surface area (Å²) in [5.74, 6) is 0.872. The normalized spacial score (nSPS) is 27.5. The molecule has 1 heteroatoms. The summed E-state index contributed by atoms with van der Waals surface area (Å²) in [6.45, 7) is 7.07. The van der Waals surface area contributed by atoms with Crippen LogP contribution in [0.25, 0.3) is 0 Å². The molecule has 0 amide bonds. The van der Waals surface area contributed by atoms with Crippen molar-refractivity contribution >= 4 is 0 Å². The number of hydrogen-bond acceptors (Lipinski definition) is 1. The molecule has 0 heterocycles. The Labute approximate surface area is 114 Å². The molecule has 0 aromatic heterocycles. The third-order valence-electron chi connectivity index (χ3n) is 5.68. The van der Waals surface area contributed by atoms with E-state index < -0.39 is 0 Å². The zero-order valence-corrected chi connectivity index (χ0v) is 12.8. The van der Waals surface area contributed by atoms with Gasteiger partial charge in [0.25, 0.3) is 0 Å². The summed E-state index contributed by atoms with van der Waals surface area (Å²) >= 11 is 0. The highest BCUT2D eigenvalue weighted by molar-refractivity contribution is 4.91. The number of hydrogen-bond donors (Lipinski definition) is 1. The molecule has 1 spiro atoms. The molecule has 1 nitrogen and oxygen atoms in total. The van der Waals surface area contributed by atoms with Gasteiger partial charge >= 0.3 is 0 Å². The lowest BCUT2D eigenvalue weighted by Crippen LogP contribution is -2.41. The molecule has 0 aromatic rings. The molecular formula is C17H33N. The van der Waals surface area contributed by atoms with E-state index in [9.17, 15) is 0 Å². The van der Waals surface area contributed by atoms with E-state index in [-0.39, 0.29) is 0 Å². The van der Waals surface area contributed by atoms with Gasteiger partial charge in [0.1, 0.15) is 0 Å². The van der Waals surface area contributed by atoms with Crippen LogP contribution in [0.5, 0.6) is 0 Å². The van der Waals surface area contributed by atoms with E-state index in [0.29, 0.717) is 6.04 Å². The maximum Gasteiger partial charge on any atom is 0.00699 e. The van der Waals surface area contributed by atoms with Crippen LogP contribution in [0.2, 0.25) is 0 Å². The van der Waals surface area contributed by atoms with Crippen molar-refractivity contribution in [1.82, 2.24) is 5.32 Å². The van der Waals surface area contributed by atoms with Gasteiger partial charge in [-0.25, -0.2) is 0 Å². The Balaban J connectivity index is 1.69. The van der Waals surface area contributed by atoms with Gasteiger partial charge in [-0.3, -0.25) is 0 Å². The summed E-state index contributed by atoms with van der Waals surface area (Å²) in [6.07, 6.45) is 14.6. The van der Waals surface area contributed by atoms with E-state index in [2.05, 4.69) is 26.1 Å². The molecule has 1 N–H and O–H groups in total. The van der Waals surface area contributed by atoms with Gasteiger partial charge in [0.05, 0.1) is 0 Å². The van der Waals surface area contributed by atoms with Crippen LogP contribution >= 0.6 is 0 Å². The Kier molecular flexibility index (Phi) is 5.12. The van der Waals surface area contributed by atoms with Gasteiger partial charge in [0.15, 0.2) is 0 Å². The van der Waals surface area contributed by atoms with E-state index in [1.807, 2.05) is 0 Å². The van der Waals surface area contributed by atoms with Crippen molar-refractivity contribution in [1.29, 1.82) is 0 Å². The molecule has 18 heavy (non-hydrogen) atoms. The van der Waals surface area contributed by atoms with Crippen molar-refractivity contribution in [2.75, 3.05) is 0 Å². The lowest BCUT2D eigenvalue weighted by molar-refractivity contribution is 0.161. The van der Waals surface area contributed by atoms with Crippen LogP contribution in [0.4, 0.5) is 0 Å². The topological polar surface area (TPSA) is 12.0 Å². The first-order valence-corrected chi connectivity index (χ1v) is 8.39. The monoisotopic (exact) mass is 251 g/mol. The fourth-order valence-corrected chi connectivity index (χ4v) is 4.26. The Morgan fingerprint density at radius 2 is 1.67 bits per heavy atom. The first kappa shape index (κ1) is 14.4. The lowest BCUT2D eigenvalue weighted by Gasteiger charge is -2.38. The zero-order valence-electron chi connectivity index (χ0n) is 12.8. The van der Waals surface area contributed by atoms with Crippen LogP contribution in [0.3, 0.4) is 0 Å². The summed E-state index contributed by atoms with van der Waals surface area (Å²) in [7, 11) is 0. The van der Waals surface area contributed by atoms with E-state index in [0.717, 1.165) is 17.4 Å². The molecule has 2 saturated carbocycles. The SMILES string of the molecule is CCC(C)CC(C)NC1CCC2(CCCC2)CC1. The molecule has 0 aliphatic heterocycles. The third kappa shape index (κ3) is 3.73. The van der Waals surface area contributed by atoms with Crippen LogP contribution in [0.1, 0.15) is 85.0 Å². The summed E-state index contributed by atoms with van der Waals surface area (Å²) in [4.78, 5) is 0. The van der Waals surface area contributed by atoms with Gasteiger partial charge in [-0.1, -0.05) is 33.1 Å². The van der Waals surface area contributed by atoms with Crippen molar-refractivity contribution in [2.45, 2.75) is 97.1 Å². The van der Waals surface area contributed by atoms with Gasteiger partial charge in [-0.2, -0.15) is 0 Å². The molecule has 2 aliphatic rings. The second-order valence-corrected chi connectivity index (χ2v) is 7.30. The zero-order chi connectivity index (χ0) is 13.0. The van der Waals surface area contributed by atoms with E-state index in [1.165, 1.54) is 64.2 Å². The second-order valence-electron chi connectivity index (χ2n) is 7.30. The summed E-state index contributed by atoms with van der Waals surface area (Å²) in [5.41, 5.74) is 0.790. The van der Waals surface area contributed by atoms with Crippen LogP contribution in [0.15, 0.2) is 0 Å². The first-order chi connectivity index (χ1) is 8.63. The van der Waals surface area contributed by atoms with Crippen LogP contribution in [-0.2, 0) is 0 Å². The standard InChI is InChI=1S/C17H33N/c1-4-14(2)13-15(3)18-16-7-11-17(12-8-16)9-5-6-10-17/h14-16,18H,4-13H2,1-3H3. The van der Waals surface area contributed by atoms with Gasteiger partial charge in [0, 0.05) is 12.1 Å². The second kappa shape index (κ2) is 6.41. The van der Waals surface area contributed by atoms with Crippen LogP contribution in [0, 0.1) is 11.3 Å². The van der Waals surface area contributed by atoms with Gasteiger partial charge in [-0.15, -0.1) is 0 Å². The average molecular weight is 251 g/mol. The van der Waals surface area contributed by atoms with Crippen LogP contribution in [-0.4, -0.2) is 12.1 Å². The summed E-state index contributed by atoms with van der Waals surface area (Å²) in [6, 6.07) is 1.53. The smallest absolute Gasteiger partial charge is 0.00699 e. The minimum Gasteiger partial charge on any atom is -0.311 e. The minimum absolute atomic E-state index is 0.711. The predicted octanol–water partition coefficient (Wildman–Crippen LogP) is 4.90. The summed E-state index contributed by atoms with van der Waals surface area (Å²) in [5, 5.41) is 3.89. The van der Waals surface area contributed by atoms with Crippen molar-refractivity contribution in [3.8, 4) is 0 Å². The maximum absolute atomic E-state index is 3.89. The first-order valence-electron chi connectivity index (χ1n) is 8.39. The van der Waals surface area contributed by atoms with E-state index >= 15 is 0 Å². The Morgan fingerprint density at radius 1 is 1.06 bits per heavy atom. The average Bonchev–Trinajstić information content (AvgIpc) is 2.81. The molecule has 2 aliphatic carbocycles. The third-order valence-corrected chi connectivity index (χ3v) is 5.68.